The molecule has 0 bridgehead atoms. The van der Waals surface area contributed by atoms with Crippen LogP contribution in [-0.2, 0) is 0 Å². The van der Waals surface area contributed by atoms with E-state index >= 15 is 0 Å². The maximum Gasteiger partial charge on any atom is 0.315 e. The summed E-state index contributed by atoms with van der Waals surface area (Å²) in [5.74, 6) is 0.403. The highest BCUT2D eigenvalue weighted by atomic mass is 79.9. The van der Waals surface area contributed by atoms with Gasteiger partial charge in [-0.25, -0.2) is 4.79 Å². The van der Waals surface area contributed by atoms with Crippen LogP contribution < -0.4 is 10.6 Å². The van der Waals surface area contributed by atoms with E-state index in [1.165, 1.54) is 0 Å². The van der Waals surface area contributed by atoms with Crippen LogP contribution in [0, 0.1) is 5.92 Å². The van der Waals surface area contributed by atoms with Crippen LogP contribution in [-0.4, -0.2) is 29.8 Å². The van der Waals surface area contributed by atoms with Gasteiger partial charge in [-0.05, 0) is 25.7 Å². The summed E-state index contributed by atoms with van der Waals surface area (Å²) < 4.78 is 0.717. The number of aliphatic hydroxyl groups is 1. The van der Waals surface area contributed by atoms with Crippen molar-refractivity contribution in [1.82, 2.24) is 10.6 Å². The van der Waals surface area contributed by atoms with E-state index in [0.717, 1.165) is 17.3 Å². The summed E-state index contributed by atoms with van der Waals surface area (Å²) >= 11 is 3.15. The molecule has 5 heteroatoms. The molecule has 15 heavy (non-hydrogen) atoms. The second kappa shape index (κ2) is 4.99. The molecular formula is C10H17BrN2O2. The number of amides is 2. The number of urea groups is 1. The Morgan fingerprint density at radius 3 is 2.67 bits per heavy atom. The van der Waals surface area contributed by atoms with Crippen molar-refractivity contribution in [3.8, 4) is 0 Å². The predicted octanol–water partition coefficient (Wildman–Crippen LogP) is 1.36. The summed E-state index contributed by atoms with van der Waals surface area (Å²) in [5.41, 5.74) is -0.488. The van der Waals surface area contributed by atoms with Gasteiger partial charge in [-0.3, -0.25) is 0 Å². The quantitative estimate of drug-likeness (QED) is 0.710. The first-order valence-corrected chi connectivity index (χ1v) is 5.77. The van der Waals surface area contributed by atoms with Gasteiger partial charge in [-0.15, -0.1) is 0 Å². The maximum atomic E-state index is 11.5. The van der Waals surface area contributed by atoms with Gasteiger partial charge < -0.3 is 15.7 Å². The van der Waals surface area contributed by atoms with Gasteiger partial charge in [0.15, 0.2) is 0 Å². The number of carbonyl (C=O) groups is 1. The summed E-state index contributed by atoms with van der Waals surface area (Å²) in [5, 5.41) is 14.7. The maximum absolute atomic E-state index is 11.5. The Bertz CT molecular complexity index is 266. The Hall–Kier alpha value is -0.550. The lowest BCUT2D eigenvalue weighted by atomic mass is 9.97. The number of halogens is 1. The fourth-order valence-electron chi connectivity index (χ4n) is 1.47. The normalized spacial score (nSPS) is 19.1. The van der Waals surface area contributed by atoms with E-state index in [2.05, 4.69) is 33.1 Å². The summed E-state index contributed by atoms with van der Waals surface area (Å²) in [7, 11) is 0. The molecule has 1 fully saturated rings. The average molecular weight is 277 g/mol. The van der Waals surface area contributed by atoms with E-state index in [1.54, 1.807) is 0 Å². The number of carbonyl (C=O) groups excluding carboxylic acids is 1. The molecule has 0 aliphatic heterocycles. The molecule has 1 saturated carbocycles. The van der Waals surface area contributed by atoms with Gasteiger partial charge in [0.2, 0.25) is 0 Å². The van der Waals surface area contributed by atoms with Crippen molar-refractivity contribution < 1.29 is 9.90 Å². The Morgan fingerprint density at radius 1 is 1.67 bits per heavy atom. The highest BCUT2D eigenvalue weighted by Crippen LogP contribution is 2.39. The molecule has 0 aromatic rings. The van der Waals surface area contributed by atoms with Crippen molar-refractivity contribution in [2.24, 2.45) is 5.92 Å². The van der Waals surface area contributed by atoms with Gasteiger partial charge in [0.25, 0.3) is 0 Å². The molecule has 0 saturated heterocycles. The van der Waals surface area contributed by atoms with Crippen LogP contribution in [0.4, 0.5) is 4.79 Å². The van der Waals surface area contributed by atoms with E-state index in [1.807, 2.05) is 6.92 Å². The molecule has 4 nitrogen and oxygen atoms in total. The second-order valence-corrected chi connectivity index (χ2v) is 5.30. The van der Waals surface area contributed by atoms with Crippen LogP contribution >= 0.6 is 15.9 Å². The molecule has 2 amide bonds. The van der Waals surface area contributed by atoms with Crippen molar-refractivity contribution in [2.75, 3.05) is 13.2 Å². The van der Waals surface area contributed by atoms with E-state index in [-0.39, 0.29) is 12.6 Å². The summed E-state index contributed by atoms with van der Waals surface area (Å²) in [6.07, 6.45) is 2.14. The Morgan fingerprint density at radius 2 is 2.27 bits per heavy atom. The first kappa shape index (κ1) is 12.5. The van der Waals surface area contributed by atoms with Gasteiger partial charge in [-0.1, -0.05) is 22.5 Å². The zero-order chi connectivity index (χ0) is 11.5. The summed E-state index contributed by atoms with van der Waals surface area (Å²) in [6, 6.07) is -0.265. The molecule has 0 radical (unpaired) electrons. The molecule has 1 atom stereocenters. The van der Waals surface area contributed by atoms with E-state index in [4.69, 9.17) is 0 Å². The van der Waals surface area contributed by atoms with Gasteiger partial charge in [-0.2, -0.15) is 0 Å². The third kappa shape index (κ3) is 3.83. The van der Waals surface area contributed by atoms with Crippen LogP contribution in [0.5, 0.6) is 0 Å². The second-order valence-electron chi connectivity index (χ2n) is 4.17. The van der Waals surface area contributed by atoms with E-state index in [0.29, 0.717) is 12.5 Å². The molecule has 0 aromatic heterocycles. The van der Waals surface area contributed by atoms with E-state index < -0.39 is 5.54 Å². The highest BCUT2D eigenvalue weighted by Gasteiger charge is 2.42. The minimum atomic E-state index is -0.488. The number of hydrogen-bond donors (Lipinski definition) is 3. The molecule has 1 aliphatic rings. The topological polar surface area (TPSA) is 61.4 Å². The molecule has 1 aliphatic carbocycles. The monoisotopic (exact) mass is 276 g/mol. The summed E-state index contributed by atoms with van der Waals surface area (Å²) in [4.78, 5) is 11.5. The molecule has 86 valence electrons. The molecule has 0 unspecified atom stereocenters. The van der Waals surface area contributed by atoms with Crippen LogP contribution in [0.25, 0.3) is 0 Å². The van der Waals surface area contributed by atoms with Crippen molar-refractivity contribution in [3.63, 3.8) is 0 Å². The van der Waals surface area contributed by atoms with Crippen LogP contribution in [0.15, 0.2) is 11.1 Å². The SMILES string of the molecule is C=C(Br)CNC(=O)N[C@](C)(CO)C1CC1. The van der Waals surface area contributed by atoms with Gasteiger partial charge in [0.1, 0.15) is 0 Å². The molecule has 0 aromatic carbocycles. The predicted molar refractivity (Wildman–Crippen MR) is 62.8 cm³/mol. The number of hydrogen-bond acceptors (Lipinski definition) is 2. The third-order valence-electron chi connectivity index (χ3n) is 2.65. The van der Waals surface area contributed by atoms with Gasteiger partial charge in [0.05, 0.1) is 18.7 Å². The standard InChI is InChI=1S/C10H17BrN2O2/c1-7(11)5-12-9(15)13-10(2,6-14)8-3-4-8/h8,14H,1,3-6H2,2H3,(H2,12,13,15)/t10-/m1/s1. The van der Waals surface area contributed by atoms with E-state index in [9.17, 15) is 9.90 Å². The molecule has 0 heterocycles. The Kier molecular flexibility index (Phi) is 4.16. The lowest BCUT2D eigenvalue weighted by molar-refractivity contribution is 0.155. The first-order chi connectivity index (χ1) is 6.98. The number of aliphatic hydroxyl groups excluding tert-OH is 1. The zero-order valence-corrected chi connectivity index (χ0v) is 10.4. The Balaban J connectivity index is 2.37. The van der Waals surface area contributed by atoms with Crippen LogP contribution in [0.2, 0.25) is 0 Å². The zero-order valence-electron chi connectivity index (χ0n) is 8.85. The Labute approximate surface area is 98.3 Å². The number of nitrogens with one attached hydrogen (secondary N) is 2. The number of rotatable bonds is 5. The minimum Gasteiger partial charge on any atom is -0.394 e. The fraction of sp³-hybridized carbons (Fsp3) is 0.700. The average Bonchev–Trinajstić information content (AvgIpc) is 2.97. The van der Waals surface area contributed by atoms with Crippen molar-refractivity contribution in [1.29, 1.82) is 0 Å². The minimum absolute atomic E-state index is 0.0274. The molecule has 0 spiro atoms. The smallest absolute Gasteiger partial charge is 0.315 e. The van der Waals surface area contributed by atoms with Crippen molar-refractivity contribution in [2.45, 2.75) is 25.3 Å². The van der Waals surface area contributed by atoms with Crippen molar-refractivity contribution in [3.05, 3.63) is 11.1 Å². The van der Waals surface area contributed by atoms with Crippen LogP contribution in [0.1, 0.15) is 19.8 Å². The highest BCUT2D eigenvalue weighted by molar-refractivity contribution is 9.11. The fourth-order valence-corrected chi connectivity index (χ4v) is 1.61. The van der Waals surface area contributed by atoms with Crippen LogP contribution in [0.3, 0.4) is 0 Å². The third-order valence-corrected chi connectivity index (χ3v) is 2.93. The van der Waals surface area contributed by atoms with Gasteiger partial charge in [0, 0.05) is 4.48 Å². The molecule has 3 N–H and O–H groups in total. The van der Waals surface area contributed by atoms with Gasteiger partial charge >= 0.3 is 6.03 Å². The lowest BCUT2D eigenvalue weighted by Gasteiger charge is -2.28. The molecular weight excluding hydrogens is 260 g/mol. The first-order valence-electron chi connectivity index (χ1n) is 4.98. The largest absolute Gasteiger partial charge is 0.394 e. The van der Waals surface area contributed by atoms with Crippen molar-refractivity contribution >= 4 is 22.0 Å². The lowest BCUT2D eigenvalue weighted by Crippen LogP contribution is -2.54. The molecule has 1 rings (SSSR count). The summed E-state index contributed by atoms with van der Waals surface area (Å²) in [6.45, 7) is 5.84.